The maximum absolute atomic E-state index is 15.2. The van der Waals surface area contributed by atoms with Crippen LogP contribution >= 0.6 is 0 Å². The molecule has 1 saturated carbocycles. The minimum atomic E-state index is -0.381. The van der Waals surface area contributed by atoms with Crippen LogP contribution in [0.25, 0.3) is 16.8 Å². The molecule has 1 unspecified atom stereocenters. The third kappa shape index (κ3) is 4.07. The lowest BCUT2D eigenvalue weighted by Gasteiger charge is -2.37. The average molecular weight is 474 g/mol. The summed E-state index contributed by atoms with van der Waals surface area (Å²) < 4.78 is 16.7. The Balaban J connectivity index is 1.43. The second kappa shape index (κ2) is 8.40. The summed E-state index contributed by atoms with van der Waals surface area (Å²) in [5.41, 5.74) is 4.08. The minimum Gasteiger partial charge on any atom is -0.350 e. The lowest BCUT2D eigenvalue weighted by Crippen LogP contribution is -2.36. The molecule has 0 amide bonds. The molecule has 5 rings (SSSR count). The Hall–Kier alpha value is -3.34. The minimum absolute atomic E-state index is 0.0759. The Labute approximate surface area is 205 Å². The van der Waals surface area contributed by atoms with Crippen molar-refractivity contribution in [1.82, 2.24) is 19.6 Å². The van der Waals surface area contributed by atoms with Gasteiger partial charge in [0.1, 0.15) is 0 Å². The van der Waals surface area contributed by atoms with Crippen molar-refractivity contribution in [2.24, 2.45) is 21.7 Å². The van der Waals surface area contributed by atoms with Gasteiger partial charge in [0.25, 0.3) is 0 Å². The van der Waals surface area contributed by atoms with E-state index < -0.39 is 0 Å². The summed E-state index contributed by atoms with van der Waals surface area (Å²) >= 11 is 0. The number of nitrogens with one attached hydrogen (secondary N) is 1. The smallest absolute Gasteiger partial charge is 0.241 e. The highest BCUT2D eigenvalue weighted by Crippen LogP contribution is 2.41. The number of aliphatic imine (C=N–C) groups is 1. The molecule has 8 heteroatoms. The molecular weight excluding hydrogens is 441 g/mol. The summed E-state index contributed by atoms with van der Waals surface area (Å²) in [5.74, 6) is 0.489. The quantitative estimate of drug-likeness (QED) is 0.492. The van der Waals surface area contributed by atoms with Crippen molar-refractivity contribution in [1.29, 1.82) is 5.26 Å². The predicted octanol–water partition coefficient (Wildman–Crippen LogP) is 6.13. The van der Waals surface area contributed by atoms with Crippen molar-refractivity contribution >= 4 is 22.9 Å². The maximum atomic E-state index is 15.2. The molecule has 1 aliphatic heterocycles. The normalized spacial score (nSPS) is 26.3. The first-order chi connectivity index (χ1) is 16.6. The number of pyridine rings is 1. The molecule has 7 nitrogen and oxygen atoms in total. The molecule has 2 aliphatic rings. The van der Waals surface area contributed by atoms with E-state index in [1.54, 1.807) is 6.20 Å². The summed E-state index contributed by atoms with van der Waals surface area (Å²) in [5, 5.41) is 17.2. The number of halogens is 1. The van der Waals surface area contributed by atoms with Crippen LogP contribution in [-0.2, 0) is 6.42 Å². The first kappa shape index (κ1) is 23.4. The van der Waals surface area contributed by atoms with Gasteiger partial charge in [0.05, 0.1) is 52.0 Å². The van der Waals surface area contributed by atoms with E-state index in [2.05, 4.69) is 49.2 Å². The van der Waals surface area contributed by atoms with Crippen LogP contribution in [0.3, 0.4) is 0 Å². The van der Waals surface area contributed by atoms with Crippen LogP contribution < -0.4 is 5.32 Å². The maximum Gasteiger partial charge on any atom is 0.241 e. The topological polar surface area (TPSA) is 91.3 Å². The Bertz CT molecular complexity index is 1360. The highest BCUT2D eigenvalue weighted by molar-refractivity contribution is 5.92. The summed E-state index contributed by atoms with van der Waals surface area (Å²) in [7, 11) is 0. The van der Waals surface area contributed by atoms with E-state index in [1.165, 1.54) is 10.7 Å². The third-order valence-corrected chi connectivity index (χ3v) is 8.31. The van der Waals surface area contributed by atoms with E-state index >= 15 is 4.39 Å². The lowest BCUT2D eigenvalue weighted by atomic mass is 9.70. The molecule has 1 fully saturated rings. The van der Waals surface area contributed by atoms with Crippen LogP contribution in [0.5, 0.6) is 0 Å². The first-order valence-corrected chi connectivity index (χ1v) is 12.4. The Morgan fingerprint density at radius 1 is 1.23 bits per heavy atom. The van der Waals surface area contributed by atoms with Crippen molar-refractivity contribution in [2.45, 2.75) is 72.8 Å². The zero-order chi connectivity index (χ0) is 25.0. The standard InChI is InChI=1S/C27H32FN7/c1-16(2)27(5)12-22-20(31-17(27)3)6-7-21(33-22)24-19(28)14-35-23(24)13-30-25(34-35)32-18-8-10-26(4,15-29)11-9-18/h6-7,13-14,16,18H,8-12H2,1-5H3,(H,32,34). The van der Waals surface area contributed by atoms with E-state index in [4.69, 9.17) is 9.98 Å². The molecular formula is C27H32FN7. The number of hydrogen-bond acceptors (Lipinski definition) is 6. The van der Waals surface area contributed by atoms with E-state index in [1.807, 2.05) is 19.1 Å². The zero-order valence-corrected chi connectivity index (χ0v) is 21.1. The fourth-order valence-corrected chi connectivity index (χ4v) is 5.22. The summed E-state index contributed by atoms with van der Waals surface area (Å²) in [4.78, 5) is 14.1. The van der Waals surface area contributed by atoms with Gasteiger partial charge >= 0.3 is 0 Å². The monoisotopic (exact) mass is 473 g/mol. The van der Waals surface area contributed by atoms with Gasteiger partial charge < -0.3 is 5.32 Å². The largest absolute Gasteiger partial charge is 0.350 e. The Kier molecular flexibility index (Phi) is 5.62. The third-order valence-electron chi connectivity index (χ3n) is 8.31. The Morgan fingerprint density at radius 2 is 1.97 bits per heavy atom. The van der Waals surface area contributed by atoms with Gasteiger partial charge in [0.2, 0.25) is 5.95 Å². The lowest BCUT2D eigenvalue weighted by molar-refractivity contribution is 0.279. The van der Waals surface area contributed by atoms with Crippen molar-refractivity contribution < 1.29 is 4.39 Å². The fourth-order valence-electron chi connectivity index (χ4n) is 5.22. The second-order valence-corrected chi connectivity index (χ2v) is 11.0. The number of nitrogens with zero attached hydrogens (tertiary/aromatic N) is 6. The molecule has 182 valence electrons. The number of hydrogen-bond donors (Lipinski definition) is 1. The van der Waals surface area contributed by atoms with Crippen LogP contribution in [0.1, 0.15) is 66.0 Å². The van der Waals surface area contributed by atoms with E-state index in [0.29, 0.717) is 28.6 Å². The highest BCUT2D eigenvalue weighted by Gasteiger charge is 2.36. The zero-order valence-electron chi connectivity index (χ0n) is 21.1. The predicted molar refractivity (Wildman–Crippen MR) is 135 cm³/mol. The molecule has 1 atom stereocenters. The van der Waals surface area contributed by atoms with Crippen LogP contribution in [0.4, 0.5) is 16.0 Å². The fraction of sp³-hybridized carbons (Fsp3) is 0.519. The molecule has 3 aromatic rings. The molecule has 1 N–H and O–H groups in total. The Morgan fingerprint density at radius 3 is 2.66 bits per heavy atom. The van der Waals surface area contributed by atoms with Gasteiger partial charge in [-0.1, -0.05) is 20.8 Å². The molecule has 1 aliphatic carbocycles. The van der Waals surface area contributed by atoms with Crippen molar-refractivity contribution in [3.63, 3.8) is 0 Å². The van der Waals surface area contributed by atoms with Gasteiger partial charge in [-0.05, 0) is 57.6 Å². The molecule has 0 bridgehead atoms. The van der Waals surface area contributed by atoms with Crippen LogP contribution in [0.15, 0.2) is 29.5 Å². The van der Waals surface area contributed by atoms with Crippen molar-refractivity contribution in [2.75, 3.05) is 5.32 Å². The van der Waals surface area contributed by atoms with Crippen LogP contribution in [0, 0.1) is 33.9 Å². The first-order valence-electron chi connectivity index (χ1n) is 12.4. The molecule has 0 radical (unpaired) electrons. The number of aromatic nitrogens is 4. The van der Waals surface area contributed by atoms with E-state index in [9.17, 15) is 5.26 Å². The summed E-state index contributed by atoms with van der Waals surface area (Å²) in [6, 6.07) is 6.39. The number of rotatable bonds is 4. The molecule has 0 saturated heterocycles. The van der Waals surface area contributed by atoms with Gasteiger partial charge in [0, 0.05) is 23.6 Å². The van der Waals surface area contributed by atoms with E-state index in [0.717, 1.165) is 49.2 Å². The van der Waals surface area contributed by atoms with Crippen LogP contribution in [0.2, 0.25) is 0 Å². The average Bonchev–Trinajstić information content (AvgIpc) is 3.16. The van der Waals surface area contributed by atoms with Gasteiger partial charge in [-0.15, -0.1) is 5.10 Å². The molecule has 4 heterocycles. The van der Waals surface area contributed by atoms with Gasteiger partial charge in [-0.3, -0.25) is 9.98 Å². The molecule has 0 aromatic carbocycles. The SMILES string of the molecule is CC1=Nc2ccc(-c3c(F)cn4nc(NC5CCC(C)(C#N)CC5)ncc34)nc2CC1(C)C(C)C. The second-order valence-electron chi connectivity index (χ2n) is 11.0. The number of nitriles is 1. The van der Waals surface area contributed by atoms with Crippen molar-refractivity contribution in [3.8, 4) is 17.3 Å². The summed E-state index contributed by atoms with van der Waals surface area (Å²) in [6.45, 7) is 10.7. The van der Waals surface area contributed by atoms with Gasteiger partial charge in [-0.25, -0.2) is 13.9 Å². The number of anilines is 1. The van der Waals surface area contributed by atoms with Gasteiger partial charge in [-0.2, -0.15) is 5.26 Å². The van der Waals surface area contributed by atoms with Crippen LogP contribution in [-0.4, -0.2) is 31.3 Å². The summed E-state index contributed by atoms with van der Waals surface area (Å²) in [6.07, 6.45) is 7.25. The van der Waals surface area contributed by atoms with Crippen molar-refractivity contribution in [3.05, 3.63) is 36.0 Å². The molecule has 3 aromatic heterocycles. The molecule has 0 spiro atoms. The van der Waals surface area contributed by atoms with E-state index in [-0.39, 0.29) is 22.7 Å². The highest BCUT2D eigenvalue weighted by atomic mass is 19.1. The number of fused-ring (bicyclic) bond motifs is 2. The van der Waals surface area contributed by atoms with Gasteiger partial charge in [0.15, 0.2) is 5.82 Å². The molecule has 35 heavy (non-hydrogen) atoms.